The maximum absolute atomic E-state index is 11.2. The lowest BCUT2D eigenvalue weighted by Crippen LogP contribution is -2.01. The molecule has 1 N–H and O–H groups in total. The standard InChI is InChI=1S/C12H10Cl2N2O3/c1-19-6-9-10(12(17)18)11(14)16(15-9)8-4-2-3-7(13)5-8/h2-5H,6H2,1H3,(H,17,18). The van der Waals surface area contributed by atoms with Gasteiger partial charge in [-0.1, -0.05) is 29.3 Å². The first-order valence-corrected chi connectivity index (χ1v) is 6.05. The SMILES string of the molecule is COCc1nn(-c2cccc(Cl)c2)c(Cl)c1C(=O)O. The summed E-state index contributed by atoms with van der Waals surface area (Å²) in [5.74, 6) is -1.15. The van der Waals surface area contributed by atoms with Gasteiger partial charge in [0.25, 0.3) is 0 Å². The van der Waals surface area contributed by atoms with Gasteiger partial charge in [-0.15, -0.1) is 0 Å². The summed E-state index contributed by atoms with van der Waals surface area (Å²) in [6, 6.07) is 6.80. The Balaban J connectivity index is 2.59. The van der Waals surface area contributed by atoms with Crippen molar-refractivity contribution < 1.29 is 14.6 Å². The number of carbonyl (C=O) groups is 1. The summed E-state index contributed by atoms with van der Waals surface area (Å²) in [5.41, 5.74) is 0.783. The topological polar surface area (TPSA) is 64.4 Å². The summed E-state index contributed by atoms with van der Waals surface area (Å²) in [5, 5.41) is 13.8. The third kappa shape index (κ3) is 2.73. The molecule has 0 spiro atoms. The lowest BCUT2D eigenvalue weighted by Gasteiger charge is -2.03. The van der Waals surface area contributed by atoms with Crippen molar-refractivity contribution in [3.05, 3.63) is 45.7 Å². The molecule has 0 saturated carbocycles. The number of methoxy groups -OCH3 is 1. The largest absolute Gasteiger partial charge is 0.478 e. The molecule has 0 aliphatic heterocycles. The molecule has 1 aromatic heterocycles. The van der Waals surface area contributed by atoms with Crippen LogP contribution in [-0.2, 0) is 11.3 Å². The third-order valence-electron chi connectivity index (χ3n) is 2.45. The number of rotatable bonds is 4. The number of ether oxygens (including phenoxy) is 1. The molecule has 7 heteroatoms. The van der Waals surface area contributed by atoms with Crippen molar-refractivity contribution in [2.45, 2.75) is 6.61 Å². The highest BCUT2D eigenvalue weighted by molar-refractivity contribution is 6.33. The van der Waals surface area contributed by atoms with Gasteiger partial charge in [0.15, 0.2) is 0 Å². The fraction of sp³-hybridized carbons (Fsp3) is 0.167. The number of carboxylic acid groups (broad SMARTS) is 1. The Bertz CT molecular complexity index is 625. The van der Waals surface area contributed by atoms with E-state index in [0.29, 0.717) is 10.7 Å². The van der Waals surface area contributed by atoms with Crippen LogP contribution < -0.4 is 0 Å². The van der Waals surface area contributed by atoms with Crippen LogP contribution >= 0.6 is 23.2 Å². The number of aromatic carboxylic acids is 1. The van der Waals surface area contributed by atoms with E-state index in [1.54, 1.807) is 24.3 Å². The summed E-state index contributed by atoms with van der Waals surface area (Å²) in [6.07, 6.45) is 0. The molecular weight excluding hydrogens is 291 g/mol. The van der Waals surface area contributed by atoms with Gasteiger partial charge in [0, 0.05) is 12.1 Å². The summed E-state index contributed by atoms with van der Waals surface area (Å²) < 4.78 is 6.25. The van der Waals surface area contributed by atoms with E-state index in [-0.39, 0.29) is 23.0 Å². The zero-order valence-electron chi connectivity index (χ0n) is 9.93. The molecule has 2 rings (SSSR count). The monoisotopic (exact) mass is 300 g/mol. The highest BCUT2D eigenvalue weighted by atomic mass is 35.5. The fourth-order valence-corrected chi connectivity index (χ4v) is 2.18. The first-order chi connectivity index (χ1) is 9.04. The number of halogens is 2. The molecule has 0 fully saturated rings. The maximum Gasteiger partial charge on any atom is 0.340 e. The number of hydrogen-bond acceptors (Lipinski definition) is 3. The van der Waals surface area contributed by atoms with Crippen LogP contribution in [0.25, 0.3) is 5.69 Å². The van der Waals surface area contributed by atoms with Gasteiger partial charge in [-0.05, 0) is 18.2 Å². The van der Waals surface area contributed by atoms with Crippen molar-refractivity contribution >= 4 is 29.2 Å². The summed E-state index contributed by atoms with van der Waals surface area (Å²) in [6.45, 7) is 0.0644. The number of nitrogens with zero attached hydrogens (tertiary/aromatic N) is 2. The lowest BCUT2D eigenvalue weighted by molar-refractivity contribution is 0.0692. The van der Waals surface area contributed by atoms with Gasteiger partial charge in [-0.3, -0.25) is 0 Å². The van der Waals surface area contributed by atoms with Crippen molar-refractivity contribution in [2.24, 2.45) is 0 Å². The van der Waals surface area contributed by atoms with E-state index in [1.807, 2.05) is 0 Å². The van der Waals surface area contributed by atoms with Crippen LogP contribution in [0.2, 0.25) is 10.2 Å². The average Bonchev–Trinajstić information content (AvgIpc) is 2.67. The molecule has 19 heavy (non-hydrogen) atoms. The molecule has 0 amide bonds. The van der Waals surface area contributed by atoms with Crippen molar-refractivity contribution in [2.75, 3.05) is 7.11 Å². The number of hydrogen-bond donors (Lipinski definition) is 1. The van der Waals surface area contributed by atoms with Gasteiger partial charge in [-0.2, -0.15) is 5.10 Å². The number of benzene rings is 1. The van der Waals surface area contributed by atoms with Crippen LogP contribution in [0.4, 0.5) is 0 Å². The first kappa shape index (κ1) is 13.9. The van der Waals surface area contributed by atoms with E-state index in [9.17, 15) is 4.79 Å². The van der Waals surface area contributed by atoms with Gasteiger partial charge in [-0.25, -0.2) is 9.48 Å². The first-order valence-electron chi connectivity index (χ1n) is 5.30. The number of carboxylic acids is 1. The summed E-state index contributed by atoms with van der Waals surface area (Å²) in [7, 11) is 1.46. The molecule has 0 radical (unpaired) electrons. The van der Waals surface area contributed by atoms with Gasteiger partial charge in [0.1, 0.15) is 16.4 Å². The molecule has 0 bridgehead atoms. The molecule has 2 aromatic rings. The van der Waals surface area contributed by atoms with Crippen molar-refractivity contribution in [3.63, 3.8) is 0 Å². The van der Waals surface area contributed by atoms with Crippen LogP contribution in [-0.4, -0.2) is 28.0 Å². The van der Waals surface area contributed by atoms with E-state index >= 15 is 0 Å². The van der Waals surface area contributed by atoms with Crippen LogP contribution in [0.15, 0.2) is 24.3 Å². The molecule has 1 aromatic carbocycles. The lowest BCUT2D eigenvalue weighted by atomic mass is 10.2. The second kappa shape index (κ2) is 5.61. The minimum atomic E-state index is -1.15. The van der Waals surface area contributed by atoms with Crippen molar-refractivity contribution in [3.8, 4) is 5.69 Å². The summed E-state index contributed by atoms with van der Waals surface area (Å²) >= 11 is 12.0. The van der Waals surface area contributed by atoms with Crippen molar-refractivity contribution in [1.82, 2.24) is 9.78 Å². The van der Waals surface area contributed by atoms with E-state index in [1.165, 1.54) is 11.8 Å². The average molecular weight is 301 g/mol. The molecule has 0 aliphatic rings. The number of aromatic nitrogens is 2. The normalized spacial score (nSPS) is 10.7. The van der Waals surface area contributed by atoms with E-state index in [2.05, 4.69) is 5.10 Å². The molecule has 100 valence electrons. The quantitative estimate of drug-likeness (QED) is 0.942. The molecule has 1 heterocycles. The van der Waals surface area contributed by atoms with Crippen LogP contribution in [0.3, 0.4) is 0 Å². The molecule has 0 aliphatic carbocycles. The maximum atomic E-state index is 11.2. The van der Waals surface area contributed by atoms with E-state index in [0.717, 1.165) is 0 Å². The van der Waals surface area contributed by atoms with Crippen LogP contribution in [0.5, 0.6) is 0 Å². The molecule has 5 nitrogen and oxygen atoms in total. The second-order valence-electron chi connectivity index (χ2n) is 3.74. The minimum Gasteiger partial charge on any atom is -0.478 e. The zero-order chi connectivity index (χ0) is 14.0. The predicted molar refractivity (Wildman–Crippen MR) is 71.3 cm³/mol. The van der Waals surface area contributed by atoms with Crippen molar-refractivity contribution in [1.29, 1.82) is 0 Å². The Morgan fingerprint density at radius 1 is 1.47 bits per heavy atom. The van der Waals surface area contributed by atoms with Gasteiger partial charge >= 0.3 is 5.97 Å². The van der Waals surface area contributed by atoms with Crippen LogP contribution in [0, 0.1) is 0 Å². The van der Waals surface area contributed by atoms with E-state index < -0.39 is 5.97 Å². The molecule has 0 saturated heterocycles. The van der Waals surface area contributed by atoms with Crippen LogP contribution in [0.1, 0.15) is 16.1 Å². The third-order valence-corrected chi connectivity index (χ3v) is 3.03. The van der Waals surface area contributed by atoms with Gasteiger partial charge in [0.05, 0.1) is 12.3 Å². The molecule has 0 atom stereocenters. The Hall–Kier alpha value is -1.56. The Labute approximate surface area is 119 Å². The fourth-order valence-electron chi connectivity index (χ4n) is 1.67. The highest BCUT2D eigenvalue weighted by Crippen LogP contribution is 2.25. The Morgan fingerprint density at radius 3 is 2.79 bits per heavy atom. The van der Waals surface area contributed by atoms with E-state index in [4.69, 9.17) is 33.0 Å². The minimum absolute atomic E-state index is 0.0156. The molecule has 0 unspecified atom stereocenters. The van der Waals surface area contributed by atoms with Gasteiger partial charge in [0.2, 0.25) is 0 Å². The predicted octanol–water partition coefficient (Wildman–Crippen LogP) is 3.02. The molecular formula is C12H10Cl2N2O3. The second-order valence-corrected chi connectivity index (χ2v) is 4.54. The Kier molecular flexibility index (Phi) is 4.09. The smallest absolute Gasteiger partial charge is 0.340 e. The van der Waals surface area contributed by atoms with Gasteiger partial charge < -0.3 is 9.84 Å². The summed E-state index contributed by atoms with van der Waals surface area (Å²) in [4.78, 5) is 11.2. The highest BCUT2D eigenvalue weighted by Gasteiger charge is 2.22. The zero-order valence-corrected chi connectivity index (χ0v) is 11.4. The Morgan fingerprint density at radius 2 is 2.21 bits per heavy atom.